The molecule has 0 bridgehead atoms. The Morgan fingerprint density at radius 2 is 1.75 bits per heavy atom. The summed E-state index contributed by atoms with van der Waals surface area (Å²) in [6, 6.07) is 16.5. The molecule has 8 rings (SSSR count). The first-order valence-corrected chi connectivity index (χ1v) is 18.6. The Bertz CT molecular complexity index is 1920. The Morgan fingerprint density at radius 1 is 0.961 bits per heavy atom. The summed E-state index contributed by atoms with van der Waals surface area (Å²) in [5.74, 6) is 0.132. The second-order valence-electron chi connectivity index (χ2n) is 15.6. The molecule has 3 N–H and O–H groups in total. The van der Waals surface area contributed by atoms with Crippen LogP contribution in [0.1, 0.15) is 72.1 Å². The van der Waals surface area contributed by atoms with Crippen LogP contribution in [0.15, 0.2) is 48.5 Å². The van der Waals surface area contributed by atoms with Gasteiger partial charge in [-0.2, -0.15) is 5.10 Å². The van der Waals surface area contributed by atoms with Crippen LogP contribution in [0.25, 0.3) is 22.3 Å². The highest BCUT2D eigenvalue weighted by Gasteiger charge is 2.34. The standard InChI is InChI=1S/C40H49N7O4/c1-40(25-51-2)14-11-32-35(23-40)43-44-37(32)34-21-28-3-4-29(22-33(28)41-34)39(50)47-19-17-45(18-20-47)24-26-12-15-46(16-13-26)30-7-5-27(6-8-30)31-9-10-36(48)42-38(31)49/h3-8,21-22,26,31,41H,9-20,23-25H2,1-2H3,(H,43,44)(H,42,48,49)/t31-,40+/m1/s1. The molecule has 4 aromatic rings. The number of nitrogens with zero attached hydrogens (tertiary/aromatic N) is 4. The van der Waals surface area contributed by atoms with Gasteiger partial charge < -0.3 is 19.5 Å². The van der Waals surface area contributed by atoms with Crippen molar-refractivity contribution in [3.05, 3.63) is 70.9 Å². The minimum Gasteiger partial charge on any atom is -0.384 e. The summed E-state index contributed by atoms with van der Waals surface area (Å²) in [6.45, 7) is 9.41. The van der Waals surface area contributed by atoms with Crippen LogP contribution in [0.4, 0.5) is 5.69 Å². The molecule has 2 aromatic heterocycles. The molecule has 11 heteroatoms. The number of benzene rings is 2. The Balaban J connectivity index is 0.819. The molecule has 51 heavy (non-hydrogen) atoms. The Morgan fingerprint density at radius 3 is 2.49 bits per heavy atom. The highest BCUT2D eigenvalue weighted by molar-refractivity contribution is 6.01. The van der Waals surface area contributed by atoms with Crippen LogP contribution in [0.3, 0.4) is 0 Å². The van der Waals surface area contributed by atoms with E-state index >= 15 is 0 Å². The van der Waals surface area contributed by atoms with Gasteiger partial charge in [-0.3, -0.25) is 29.7 Å². The van der Waals surface area contributed by atoms with Crippen LogP contribution in [-0.4, -0.2) is 102 Å². The molecule has 3 amide bonds. The highest BCUT2D eigenvalue weighted by Crippen LogP contribution is 2.39. The molecule has 0 unspecified atom stereocenters. The van der Waals surface area contributed by atoms with E-state index in [0.717, 1.165) is 118 Å². The first kappa shape index (κ1) is 33.7. The number of imide groups is 1. The predicted octanol–water partition coefficient (Wildman–Crippen LogP) is 4.89. The van der Waals surface area contributed by atoms with Crippen molar-refractivity contribution < 1.29 is 19.1 Å². The molecule has 0 spiro atoms. The topological polar surface area (TPSA) is 127 Å². The summed E-state index contributed by atoms with van der Waals surface area (Å²) in [4.78, 5) is 47.9. The van der Waals surface area contributed by atoms with Crippen LogP contribution < -0.4 is 10.2 Å². The number of aromatic amines is 2. The van der Waals surface area contributed by atoms with Crippen molar-refractivity contribution in [2.45, 2.75) is 57.8 Å². The molecule has 2 atom stereocenters. The maximum Gasteiger partial charge on any atom is 0.254 e. The summed E-state index contributed by atoms with van der Waals surface area (Å²) in [6.07, 6.45) is 6.22. The first-order valence-electron chi connectivity index (χ1n) is 18.6. The molecule has 268 valence electrons. The average molecular weight is 692 g/mol. The Hall–Kier alpha value is -4.48. The molecule has 2 aromatic carbocycles. The zero-order chi connectivity index (χ0) is 35.1. The fourth-order valence-corrected chi connectivity index (χ4v) is 8.82. The highest BCUT2D eigenvalue weighted by atomic mass is 16.5. The molecular weight excluding hydrogens is 642 g/mol. The fraction of sp³-hybridized carbons (Fsp3) is 0.500. The number of hydrogen-bond acceptors (Lipinski definition) is 7. The lowest BCUT2D eigenvalue weighted by Crippen LogP contribution is -2.50. The zero-order valence-corrected chi connectivity index (χ0v) is 29.8. The second-order valence-corrected chi connectivity index (χ2v) is 15.6. The van der Waals surface area contributed by atoms with E-state index in [1.54, 1.807) is 7.11 Å². The number of amides is 3. The molecule has 5 heterocycles. The molecule has 3 saturated heterocycles. The van der Waals surface area contributed by atoms with Crippen LogP contribution >= 0.6 is 0 Å². The molecule has 11 nitrogen and oxygen atoms in total. The van der Waals surface area contributed by atoms with Crippen molar-refractivity contribution in [1.29, 1.82) is 0 Å². The van der Waals surface area contributed by atoms with Crippen molar-refractivity contribution in [2.24, 2.45) is 11.3 Å². The van der Waals surface area contributed by atoms with E-state index in [4.69, 9.17) is 9.84 Å². The van der Waals surface area contributed by atoms with E-state index in [-0.39, 0.29) is 29.1 Å². The fourth-order valence-electron chi connectivity index (χ4n) is 8.82. The number of methoxy groups -OCH3 is 1. The number of rotatable bonds is 8. The number of piperazine rings is 1. The second kappa shape index (κ2) is 13.9. The molecular formula is C40H49N7O4. The number of aromatic nitrogens is 3. The third-order valence-corrected chi connectivity index (χ3v) is 11.8. The maximum absolute atomic E-state index is 13.6. The lowest BCUT2D eigenvalue weighted by atomic mass is 9.75. The number of piperidine rings is 2. The van der Waals surface area contributed by atoms with Crippen LogP contribution in [0.2, 0.25) is 0 Å². The average Bonchev–Trinajstić information content (AvgIpc) is 3.75. The quantitative estimate of drug-likeness (QED) is 0.225. The van der Waals surface area contributed by atoms with Gasteiger partial charge in [0.1, 0.15) is 5.69 Å². The molecule has 0 radical (unpaired) electrons. The van der Waals surface area contributed by atoms with E-state index in [1.807, 2.05) is 35.2 Å². The van der Waals surface area contributed by atoms with Gasteiger partial charge >= 0.3 is 0 Å². The number of anilines is 1. The van der Waals surface area contributed by atoms with Gasteiger partial charge in [0.15, 0.2) is 0 Å². The Kier molecular flexibility index (Phi) is 9.18. The van der Waals surface area contributed by atoms with Gasteiger partial charge in [-0.1, -0.05) is 25.1 Å². The third kappa shape index (κ3) is 6.93. The van der Waals surface area contributed by atoms with Crippen LogP contribution in [0, 0.1) is 11.3 Å². The minimum atomic E-state index is -0.243. The van der Waals surface area contributed by atoms with E-state index in [0.29, 0.717) is 18.8 Å². The van der Waals surface area contributed by atoms with E-state index in [2.05, 4.69) is 50.3 Å². The van der Waals surface area contributed by atoms with Crippen LogP contribution in [0.5, 0.6) is 0 Å². The SMILES string of the molecule is COC[C@@]1(C)CCc2c(-c3cc4ccc(C(=O)N5CCN(CC6CCN(c7ccc([C@H]8CCC(=O)NC8=O)cc7)CC6)CC5)cc4[nH]3)n[nH]c2C1. The third-order valence-electron chi connectivity index (χ3n) is 11.8. The van der Waals surface area contributed by atoms with E-state index < -0.39 is 0 Å². The first-order chi connectivity index (χ1) is 24.7. The van der Waals surface area contributed by atoms with Crippen LogP contribution in [-0.2, 0) is 27.2 Å². The van der Waals surface area contributed by atoms with Gasteiger partial charge in [-0.25, -0.2) is 0 Å². The van der Waals surface area contributed by atoms with Gasteiger partial charge in [0.05, 0.1) is 18.2 Å². The number of carbonyl (C=O) groups is 3. The number of hydrogen-bond donors (Lipinski definition) is 3. The number of fused-ring (bicyclic) bond motifs is 2. The zero-order valence-electron chi connectivity index (χ0n) is 29.8. The Labute approximate surface area is 299 Å². The largest absolute Gasteiger partial charge is 0.384 e. The van der Waals surface area contributed by atoms with E-state index in [1.165, 1.54) is 16.9 Å². The van der Waals surface area contributed by atoms with Crippen molar-refractivity contribution in [3.63, 3.8) is 0 Å². The summed E-state index contributed by atoms with van der Waals surface area (Å²) in [7, 11) is 1.77. The normalized spacial score (nSPS) is 23.5. The number of ether oxygens (including phenoxy) is 1. The van der Waals surface area contributed by atoms with Gasteiger partial charge in [-0.15, -0.1) is 0 Å². The van der Waals surface area contributed by atoms with Gasteiger partial charge in [0, 0.05) is 92.8 Å². The summed E-state index contributed by atoms with van der Waals surface area (Å²) in [5.41, 5.74) is 8.44. The lowest BCUT2D eigenvalue weighted by Gasteiger charge is -2.39. The lowest BCUT2D eigenvalue weighted by molar-refractivity contribution is -0.134. The van der Waals surface area contributed by atoms with Crippen molar-refractivity contribution in [3.8, 4) is 11.4 Å². The summed E-state index contributed by atoms with van der Waals surface area (Å²) >= 11 is 0. The molecule has 0 saturated carbocycles. The maximum atomic E-state index is 13.6. The van der Waals surface area contributed by atoms with Crippen molar-refractivity contribution in [1.82, 2.24) is 30.3 Å². The summed E-state index contributed by atoms with van der Waals surface area (Å²) < 4.78 is 5.49. The van der Waals surface area contributed by atoms with Gasteiger partial charge in [0.2, 0.25) is 11.8 Å². The van der Waals surface area contributed by atoms with E-state index in [9.17, 15) is 14.4 Å². The molecule has 3 fully saturated rings. The summed E-state index contributed by atoms with van der Waals surface area (Å²) in [5, 5.41) is 11.6. The monoisotopic (exact) mass is 691 g/mol. The predicted molar refractivity (Wildman–Crippen MR) is 197 cm³/mol. The van der Waals surface area contributed by atoms with Crippen molar-refractivity contribution in [2.75, 3.05) is 64.4 Å². The molecule has 4 aliphatic rings. The van der Waals surface area contributed by atoms with Crippen molar-refractivity contribution >= 4 is 34.3 Å². The smallest absolute Gasteiger partial charge is 0.254 e. The number of H-pyrrole nitrogens is 2. The molecule has 3 aliphatic heterocycles. The minimum absolute atomic E-state index is 0.0965. The van der Waals surface area contributed by atoms with Gasteiger partial charge in [0.25, 0.3) is 5.91 Å². The molecule has 1 aliphatic carbocycles. The number of carbonyl (C=O) groups excluding carboxylic acids is 3. The van der Waals surface area contributed by atoms with Gasteiger partial charge in [-0.05, 0) is 85.8 Å². The number of nitrogens with one attached hydrogen (secondary N) is 3.